The van der Waals surface area contributed by atoms with Gasteiger partial charge in [0, 0.05) is 13.1 Å². The molecular weight excluding hydrogens is 192 g/mol. The highest BCUT2D eigenvalue weighted by Gasteiger charge is 1.99. The molecule has 1 aromatic heterocycles. The number of rotatable bonds is 3. The van der Waals surface area contributed by atoms with Gasteiger partial charge in [-0.05, 0) is 12.1 Å². The van der Waals surface area contributed by atoms with E-state index in [1.165, 1.54) is 10.7 Å². The number of benzene rings is 1. The minimum absolute atomic E-state index is 0.0540. The van der Waals surface area contributed by atoms with Crippen LogP contribution in [0.1, 0.15) is 5.69 Å². The average molecular weight is 204 g/mol. The Balaban J connectivity index is 2.02. The molecule has 2 rings (SSSR count). The van der Waals surface area contributed by atoms with E-state index >= 15 is 0 Å². The van der Waals surface area contributed by atoms with Crippen LogP contribution in [0.5, 0.6) is 5.75 Å². The standard InChI is InChI=1S/C11H12N2O2/c1-13-11(14)7-9(12-13)8-15-10-5-3-2-4-6-10/h2-7,12H,8H2,1H3. The monoisotopic (exact) mass is 204 g/mol. The number of para-hydroxylation sites is 1. The normalized spacial score (nSPS) is 10.2. The van der Waals surface area contributed by atoms with Gasteiger partial charge in [-0.3, -0.25) is 14.6 Å². The molecule has 0 amide bonds. The molecule has 1 N–H and O–H groups in total. The Morgan fingerprint density at radius 3 is 2.67 bits per heavy atom. The first-order chi connectivity index (χ1) is 7.25. The smallest absolute Gasteiger partial charge is 0.266 e. The molecule has 2 aromatic rings. The quantitative estimate of drug-likeness (QED) is 0.819. The van der Waals surface area contributed by atoms with Crippen molar-refractivity contribution >= 4 is 0 Å². The first kappa shape index (κ1) is 9.58. The number of H-pyrrole nitrogens is 1. The van der Waals surface area contributed by atoms with Crippen molar-refractivity contribution < 1.29 is 4.74 Å². The van der Waals surface area contributed by atoms with Crippen LogP contribution in [-0.4, -0.2) is 9.78 Å². The second-order valence-corrected chi connectivity index (χ2v) is 3.28. The molecule has 1 aromatic carbocycles. The van der Waals surface area contributed by atoms with E-state index in [4.69, 9.17) is 4.74 Å². The fourth-order valence-corrected chi connectivity index (χ4v) is 1.30. The van der Waals surface area contributed by atoms with Crippen molar-refractivity contribution in [2.75, 3.05) is 0 Å². The molecule has 4 nitrogen and oxygen atoms in total. The number of nitrogens with zero attached hydrogens (tertiary/aromatic N) is 1. The molecule has 0 saturated carbocycles. The van der Waals surface area contributed by atoms with Crippen LogP contribution in [0.2, 0.25) is 0 Å². The fraction of sp³-hybridized carbons (Fsp3) is 0.182. The minimum atomic E-state index is -0.0540. The zero-order chi connectivity index (χ0) is 10.7. The van der Waals surface area contributed by atoms with Crippen LogP contribution in [0, 0.1) is 0 Å². The summed E-state index contributed by atoms with van der Waals surface area (Å²) in [7, 11) is 1.67. The van der Waals surface area contributed by atoms with Gasteiger partial charge in [0.25, 0.3) is 5.56 Å². The van der Waals surface area contributed by atoms with Crippen LogP contribution in [0.3, 0.4) is 0 Å². The molecule has 0 saturated heterocycles. The summed E-state index contributed by atoms with van der Waals surface area (Å²) in [5, 5.41) is 2.89. The van der Waals surface area contributed by atoms with Crippen molar-refractivity contribution in [1.82, 2.24) is 9.78 Å². The second-order valence-electron chi connectivity index (χ2n) is 3.28. The lowest BCUT2D eigenvalue weighted by Crippen LogP contribution is -2.09. The number of hydrogen-bond donors (Lipinski definition) is 1. The summed E-state index contributed by atoms with van der Waals surface area (Å²) in [4.78, 5) is 11.1. The van der Waals surface area contributed by atoms with E-state index in [1.807, 2.05) is 30.3 Å². The van der Waals surface area contributed by atoms with Gasteiger partial charge in [-0.25, -0.2) is 0 Å². The van der Waals surface area contributed by atoms with Gasteiger partial charge >= 0.3 is 0 Å². The van der Waals surface area contributed by atoms with Gasteiger partial charge in [-0.1, -0.05) is 18.2 Å². The van der Waals surface area contributed by atoms with Gasteiger partial charge in [0.2, 0.25) is 0 Å². The van der Waals surface area contributed by atoms with Crippen LogP contribution in [0.4, 0.5) is 0 Å². The summed E-state index contributed by atoms with van der Waals surface area (Å²) < 4.78 is 6.90. The summed E-state index contributed by atoms with van der Waals surface area (Å²) in [6.07, 6.45) is 0. The Morgan fingerprint density at radius 1 is 1.33 bits per heavy atom. The van der Waals surface area contributed by atoms with Crippen molar-refractivity contribution in [2.45, 2.75) is 6.61 Å². The third-order valence-corrected chi connectivity index (χ3v) is 2.08. The first-order valence-electron chi connectivity index (χ1n) is 4.68. The zero-order valence-corrected chi connectivity index (χ0v) is 8.43. The number of aromatic amines is 1. The SMILES string of the molecule is Cn1[nH]c(COc2ccccc2)cc1=O. The van der Waals surface area contributed by atoms with E-state index < -0.39 is 0 Å². The van der Waals surface area contributed by atoms with Gasteiger partial charge in [-0.2, -0.15) is 0 Å². The molecule has 0 fully saturated rings. The van der Waals surface area contributed by atoms with Crippen LogP contribution < -0.4 is 10.3 Å². The van der Waals surface area contributed by atoms with Crippen LogP contribution in [0.25, 0.3) is 0 Å². The molecule has 1 heterocycles. The average Bonchev–Trinajstić information content (AvgIpc) is 2.57. The molecule has 0 radical (unpaired) electrons. The maximum atomic E-state index is 11.1. The van der Waals surface area contributed by atoms with E-state index in [2.05, 4.69) is 5.10 Å². The van der Waals surface area contributed by atoms with Crippen molar-refractivity contribution in [2.24, 2.45) is 7.05 Å². The molecule has 0 unspecified atom stereocenters. The van der Waals surface area contributed by atoms with Gasteiger partial charge in [0.15, 0.2) is 0 Å². The lowest BCUT2D eigenvalue weighted by molar-refractivity contribution is 0.300. The maximum absolute atomic E-state index is 11.1. The molecular formula is C11H12N2O2. The Bertz CT molecular complexity index is 485. The van der Waals surface area contributed by atoms with Gasteiger partial charge in [-0.15, -0.1) is 0 Å². The third kappa shape index (κ3) is 2.28. The van der Waals surface area contributed by atoms with Crippen LogP contribution in [0.15, 0.2) is 41.2 Å². The molecule has 4 heteroatoms. The predicted molar refractivity (Wildman–Crippen MR) is 56.8 cm³/mol. The number of hydrogen-bond acceptors (Lipinski definition) is 2. The van der Waals surface area contributed by atoms with E-state index in [0.29, 0.717) is 6.61 Å². The summed E-state index contributed by atoms with van der Waals surface area (Å²) in [5.41, 5.74) is 0.716. The fourth-order valence-electron chi connectivity index (χ4n) is 1.30. The maximum Gasteiger partial charge on any atom is 0.266 e. The summed E-state index contributed by atoms with van der Waals surface area (Å²) >= 11 is 0. The molecule has 0 spiro atoms. The lowest BCUT2D eigenvalue weighted by atomic mass is 10.3. The predicted octanol–water partition coefficient (Wildman–Crippen LogP) is 1.29. The van der Waals surface area contributed by atoms with Crippen molar-refractivity contribution in [3.63, 3.8) is 0 Å². The zero-order valence-electron chi connectivity index (χ0n) is 8.43. The van der Waals surface area contributed by atoms with Gasteiger partial charge < -0.3 is 4.74 Å². The largest absolute Gasteiger partial charge is 0.487 e. The summed E-state index contributed by atoms with van der Waals surface area (Å²) in [6, 6.07) is 11.0. The molecule has 0 aliphatic carbocycles. The lowest BCUT2D eigenvalue weighted by Gasteiger charge is -2.03. The Hall–Kier alpha value is -1.97. The number of aromatic nitrogens is 2. The van der Waals surface area contributed by atoms with E-state index in [0.717, 1.165) is 11.4 Å². The minimum Gasteiger partial charge on any atom is -0.487 e. The van der Waals surface area contributed by atoms with Crippen molar-refractivity contribution in [3.05, 3.63) is 52.4 Å². The first-order valence-corrected chi connectivity index (χ1v) is 4.68. The van der Waals surface area contributed by atoms with Crippen LogP contribution >= 0.6 is 0 Å². The summed E-state index contributed by atoms with van der Waals surface area (Å²) in [6.45, 7) is 0.375. The Kier molecular flexibility index (Phi) is 2.58. The van der Waals surface area contributed by atoms with E-state index in [-0.39, 0.29) is 5.56 Å². The van der Waals surface area contributed by atoms with Crippen molar-refractivity contribution in [1.29, 1.82) is 0 Å². The van der Waals surface area contributed by atoms with Gasteiger partial charge in [0.1, 0.15) is 12.4 Å². The molecule has 0 bridgehead atoms. The highest BCUT2D eigenvalue weighted by molar-refractivity contribution is 5.21. The number of nitrogens with one attached hydrogen (secondary N) is 1. The van der Waals surface area contributed by atoms with Crippen LogP contribution in [-0.2, 0) is 13.7 Å². The third-order valence-electron chi connectivity index (χ3n) is 2.08. The number of ether oxygens (including phenoxy) is 1. The van der Waals surface area contributed by atoms with E-state index in [9.17, 15) is 4.79 Å². The van der Waals surface area contributed by atoms with Crippen molar-refractivity contribution in [3.8, 4) is 5.75 Å². The Labute approximate surface area is 87.1 Å². The van der Waals surface area contributed by atoms with E-state index in [1.54, 1.807) is 7.05 Å². The molecule has 0 aliphatic heterocycles. The Morgan fingerprint density at radius 2 is 2.07 bits per heavy atom. The summed E-state index contributed by atoms with van der Waals surface area (Å²) in [5.74, 6) is 0.794. The molecule has 0 atom stereocenters. The highest BCUT2D eigenvalue weighted by atomic mass is 16.5. The number of aryl methyl sites for hydroxylation is 1. The highest BCUT2D eigenvalue weighted by Crippen LogP contribution is 2.09. The topological polar surface area (TPSA) is 47.0 Å². The molecule has 15 heavy (non-hydrogen) atoms. The molecule has 78 valence electrons. The van der Waals surface area contributed by atoms with Gasteiger partial charge in [0.05, 0.1) is 5.69 Å². The second kappa shape index (κ2) is 4.04. The molecule has 0 aliphatic rings.